The smallest absolute Gasteiger partial charge is 0.122 e. The Morgan fingerprint density at radius 1 is 1.40 bits per heavy atom. The van der Waals surface area contributed by atoms with Gasteiger partial charge in [-0.05, 0) is 18.8 Å². The normalized spacial score (nSPS) is 32.2. The molecular weight excluding hydrogens is 124 g/mol. The van der Waals surface area contributed by atoms with E-state index in [9.17, 15) is 0 Å². The number of piperazine rings is 1. The van der Waals surface area contributed by atoms with Crippen molar-refractivity contribution in [1.82, 2.24) is 10.2 Å². The molecule has 0 atom stereocenters. The highest BCUT2D eigenvalue weighted by Gasteiger charge is 2.24. The predicted molar refractivity (Wildman–Crippen MR) is 42.0 cm³/mol. The predicted octanol–water partition coefficient (Wildman–Crippen LogP) is 0.302. The van der Waals surface area contributed by atoms with Crippen LogP contribution in [0.1, 0.15) is 12.8 Å². The minimum Gasteiger partial charge on any atom is -0.314 e. The Balaban J connectivity index is 1.69. The zero-order chi connectivity index (χ0) is 7.68. The first-order chi connectivity index (χ1) is 5.34. The third-order valence-electron chi connectivity index (χ3n) is 2.36. The van der Waals surface area contributed by atoms with Crippen LogP contribution in [0.25, 0.3) is 0 Å². The van der Waals surface area contributed by atoms with E-state index in [0.29, 0.717) is 0 Å². The largest absolute Gasteiger partial charge is 0.314 e. The highest BCUT2D eigenvalue weighted by molar-refractivity contribution is 4.79. The first-order valence-electron chi connectivity index (χ1n) is 4.75. The molecule has 0 bridgehead atoms. The highest BCUT2D eigenvalue weighted by atomic mass is 15.2. The molecule has 0 radical (unpaired) electrons. The number of nitrogens with zero attached hydrogens (tertiary/aromatic N) is 1. The van der Waals surface area contributed by atoms with Gasteiger partial charge in [-0.1, -0.05) is 0 Å². The van der Waals surface area contributed by atoms with Crippen LogP contribution in [-0.4, -0.2) is 37.6 Å². The zero-order valence-corrected chi connectivity index (χ0v) is 6.42. The van der Waals surface area contributed by atoms with E-state index in [0.717, 1.165) is 32.1 Å². The lowest BCUT2D eigenvalue weighted by molar-refractivity contribution is 0.232. The molecule has 2 heteroatoms. The molecule has 1 aliphatic heterocycles. The summed E-state index contributed by atoms with van der Waals surface area (Å²) in [6.45, 7) is 5.40. The first kappa shape index (κ1) is 5.56. The van der Waals surface area contributed by atoms with Crippen LogP contribution in [-0.2, 0) is 0 Å². The molecule has 0 spiro atoms. The summed E-state index contributed by atoms with van der Waals surface area (Å²) in [5.41, 5.74) is 0. The number of rotatable bonds is 2. The van der Waals surface area contributed by atoms with Crippen LogP contribution >= 0.6 is 0 Å². The average molecular weight is 141 g/mol. The Labute approximate surface area is 64.1 Å². The Morgan fingerprint density at radius 3 is 2.70 bits per heavy atom. The van der Waals surface area contributed by atoms with Crippen molar-refractivity contribution >= 4 is 0 Å². The molecule has 2 rings (SSSR count). The van der Waals surface area contributed by atoms with E-state index in [4.69, 9.17) is 1.41 Å². The van der Waals surface area contributed by atoms with Crippen LogP contribution in [0, 0.1) is 5.92 Å². The summed E-state index contributed by atoms with van der Waals surface area (Å²) in [7, 11) is 0. The lowest BCUT2D eigenvalue weighted by atomic mass is 10.3. The molecule has 2 nitrogen and oxygen atoms in total. The van der Waals surface area contributed by atoms with Crippen molar-refractivity contribution in [2.45, 2.75) is 12.8 Å². The molecule has 1 saturated heterocycles. The molecule has 58 valence electrons. The van der Waals surface area contributed by atoms with Gasteiger partial charge in [-0.15, -0.1) is 0 Å². The lowest BCUT2D eigenvalue weighted by Gasteiger charge is -2.26. The molecule has 0 amide bonds. The van der Waals surface area contributed by atoms with E-state index in [1.54, 1.807) is 5.31 Å². The third kappa shape index (κ3) is 1.70. The van der Waals surface area contributed by atoms with Crippen molar-refractivity contribution < 1.29 is 1.41 Å². The molecule has 2 aliphatic rings. The fraction of sp³-hybridized carbons (Fsp3) is 1.00. The van der Waals surface area contributed by atoms with Crippen molar-refractivity contribution in [1.29, 1.82) is 0 Å². The van der Waals surface area contributed by atoms with Crippen LogP contribution in [0.3, 0.4) is 0 Å². The first-order valence-corrected chi connectivity index (χ1v) is 4.31. The number of nitrogens with one attached hydrogen (secondary N) is 1. The van der Waals surface area contributed by atoms with Gasteiger partial charge in [-0.2, -0.15) is 0 Å². The lowest BCUT2D eigenvalue weighted by Crippen LogP contribution is -2.44. The summed E-state index contributed by atoms with van der Waals surface area (Å²) in [4.78, 5) is 2.50. The average Bonchev–Trinajstić information content (AvgIpc) is 2.78. The second-order valence-electron chi connectivity index (χ2n) is 3.41. The van der Waals surface area contributed by atoms with Crippen LogP contribution in [0.5, 0.6) is 0 Å². The van der Waals surface area contributed by atoms with E-state index in [2.05, 4.69) is 4.90 Å². The quantitative estimate of drug-likeness (QED) is 0.595. The topological polar surface area (TPSA) is 15.3 Å². The molecule has 10 heavy (non-hydrogen) atoms. The maximum absolute atomic E-state index is 7.37. The van der Waals surface area contributed by atoms with Crippen molar-refractivity contribution in [2.24, 2.45) is 5.92 Å². The molecule has 1 aliphatic carbocycles. The van der Waals surface area contributed by atoms with Gasteiger partial charge in [0.15, 0.2) is 0 Å². The van der Waals surface area contributed by atoms with Gasteiger partial charge in [0.2, 0.25) is 0 Å². The Morgan fingerprint density at radius 2 is 2.10 bits per heavy atom. The van der Waals surface area contributed by atoms with E-state index < -0.39 is 0 Å². The van der Waals surface area contributed by atoms with Gasteiger partial charge in [0.05, 0.1) is 0 Å². The molecule has 0 unspecified atom stereocenters. The third-order valence-corrected chi connectivity index (χ3v) is 2.36. The van der Waals surface area contributed by atoms with Gasteiger partial charge in [-0.25, -0.2) is 0 Å². The monoisotopic (exact) mass is 141 g/mol. The van der Waals surface area contributed by atoms with Crippen LogP contribution in [0.15, 0.2) is 0 Å². The highest BCUT2D eigenvalue weighted by Crippen LogP contribution is 2.29. The molecule has 2 fully saturated rings. The molecular formula is C8H16N2. The Bertz CT molecular complexity index is 128. The van der Waals surface area contributed by atoms with Crippen LogP contribution < -0.4 is 5.31 Å². The van der Waals surface area contributed by atoms with Gasteiger partial charge in [0.25, 0.3) is 0 Å². The molecule has 1 saturated carbocycles. The number of hydrogen-bond acceptors (Lipinski definition) is 2. The minimum atomic E-state index is 0.937. The summed E-state index contributed by atoms with van der Waals surface area (Å²) >= 11 is 0. The minimum absolute atomic E-state index is 0.937. The molecule has 1 heterocycles. The summed E-state index contributed by atoms with van der Waals surface area (Å²) < 4.78 is 7.37. The van der Waals surface area contributed by atoms with Crippen molar-refractivity contribution in [2.75, 3.05) is 32.7 Å². The molecule has 0 aromatic rings. The van der Waals surface area contributed by atoms with E-state index >= 15 is 0 Å². The number of hydrogen-bond donors (Lipinski definition) is 1. The molecule has 0 aromatic carbocycles. The van der Waals surface area contributed by atoms with E-state index in [-0.39, 0.29) is 0 Å². The van der Waals surface area contributed by atoms with E-state index in [1.807, 2.05) is 0 Å². The Kier molecular flexibility index (Phi) is 1.60. The SMILES string of the molecule is [2H]N1CCN(CC2CC2)CC1. The fourth-order valence-electron chi connectivity index (χ4n) is 1.50. The standard InChI is InChI=1S/C8H16N2/c1-2-8(1)7-10-5-3-9-4-6-10/h8-9H,1-7H2/i/hD. The van der Waals surface area contributed by atoms with Gasteiger partial charge < -0.3 is 10.2 Å². The van der Waals surface area contributed by atoms with Gasteiger partial charge in [-0.3, -0.25) is 0 Å². The van der Waals surface area contributed by atoms with Crippen LogP contribution in [0.4, 0.5) is 0 Å². The van der Waals surface area contributed by atoms with Gasteiger partial charge in [0.1, 0.15) is 1.41 Å². The summed E-state index contributed by atoms with van der Waals surface area (Å²) in [5.74, 6) is 1.01. The van der Waals surface area contributed by atoms with Crippen LogP contribution in [0.2, 0.25) is 1.41 Å². The fourth-order valence-corrected chi connectivity index (χ4v) is 1.50. The Hall–Kier alpha value is -0.0800. The van der Waals surface area contributed by atoms with Crippen molar-refractivity contribution in [3.05, 3.63) is 0 Å². The van der Waals surface area contributed by atoms with Gasteiger partial charge >= 0.3 is 0 Å². The second-order valence-corrected chi connectivity index (χ2v) is 3.41. The summed E-state index contributed by atoms with van der Waals surface area (Å²) in [6, 6.07) is 0. The molecule has 1 N–H and O–H groups in total. The van der Waals surface area contributed by atoms with E-state index in [1.165, 1.54) is 19.4 Å². The maximum Gasteiger partial charge on any atom is 0.122 e. The summed E-state index contributed by atoms with van der Waals surface area (Å²) in [5, 5.41) is 1.67. The van der Waals surface area contributed by atoms with Gasteiger partial charge in [0, 0.05) is 32.7 Å². The van der Waals surface area contributed by atoms with Crippen molar-refractivity contribution in [3.8, 4) is 0 Å². The van der Waals surface area contributed by atoms with Crippen molar-refractivity contribution in [3.63, 3.8) is 0 Å². The maximum atomic E-state index is 7.37. The zero-order valence-electron chi connectivity index (χ0n) is 7.42. The molecule has 0 aromatic heterocycles. The second kappa shape index (κ2) is 2.89. The summed E-state index contributed by atoms with van der Waals surface area (Å²) in [6.07, 6.45) is 2.89.